The maximum atomic E-state index is 10.8. The van der Waals surface area contributed by atoms with Gasteiger partial charge in [0.05, 0.1) is 5.56 Å². The van der Waals surface area contributed by atoms with E-state index in [1.54, 1.807) is 12.1 Å². The Morgan fingerprint density at radius 1 is 1.10 bits per heavy atom. The lowest BCUT2D eigenvalue weighted by atomic mass is 10.0. The molecule has 21 heavy (non-hydrogen) atoms. The second-order valence-corrected chi connectivity index (χ2v) is 4.94. The molecule has 0 fully saturated rings. The molecule has 0 radical (unpaired) electrons. The number of aromatic carboxylic acids is 1. The van der Waals surface area contributed by atoms with Gasteiger partial charge in [0.1, 0.15) is 0 Å². The van der Waals surface area contributed by atoms with Gasteiger partial charge in [0.25, 0.3) is 0 Å². The zero-order valence-electron chi connectivity index (χ0n) is 12.0. The van der Waals surface area contributed by atoms with Gasteiger partial charge >= 0.3 is 5.97 Å². The van der Waals surface area contributed by atoms with Crippen molar-refractivity contribution in [3.05, 3.63) is 71.3 Å². The zero-order chi connectivity index (χ0) is 14.4. The van der Waals surface area contributed by atoms with Crippen LogP contribution in [0.3, 0.4) is 0 Å². The monoisotopic (exact) mass is 305 g/mol. The standard InChI is InChI=1S/C17H19NO2.ClH/c1-13(15-5-3-2-4-6-15)11-18-12-14-7-9-16(10-8-14)17(19)20;/h2-10,13,18H,11-12H2,1H3,(H,19,20);1H. The van der Waals surface area contributed by atoms with Gasteiger partial charge in [0, 0.05) is 13.1 Å². The van der Waals surface area contributed by atoms with Crippen LogP contribution in [0.1, 0.15) is 34.3 Å². The number of benzene rings is 2. The SMILES string of the molecule is CC(CNCc1ccc(C(=O)O)cc1)c1ccccc1.Cl. The molecule has 0 aliphatic carbocycles. The van der Waals surface area contributed by atoms with E-state index in [1.165, 1.54) is 5.56 Å². The lowest BCUT2D eigenvalue weighted by molar-refractivity contribution is 0.0697. The van der Waals surface area contributed by atoms with Crippen molar-refractivity contribution in [3.63, 3.8) is 0 Å². The Hall–Kier alpha value is -1.84. The molecule has 0 saturated heterocycles. The lowest BCUT2D eigenvalue weighted by Crippen LogP contribution is -2.19. The van der Waals surface area contributed by atoms with E-state index in [2.05, 4.69) is 36.5 Å². The van der Waals surface area contributed by atoms with Crippen LogP contribution in [0.25, 0.3) is 0 Å². The summed E-state index contributed by atoms with van der Waals surface area (Å²) in [5, 5.41) is 12.2. The fourth-order valence-corrected chi connectivity index (χ4v) is 2.10. The van der Waals surface area contributed by atoms with Crippen LogP contribution in [0.15, 0.2) is 54.6 Å². The van der Waals surface area contributed by atoms with Crippen LogP contribution in [0.4, 0.5) is 0 Å². The van der Waals surface area contributed by atoms with Crippen LogP contribution >= 0.6 is 12.4 Å². The second-order valence-electron chi connectivity index (χ2n) is 4.94. The summed E-state index contributed by atoms with van der Waals surface area (Å²) in [5.41, 5.74) is 2.74. The van der Waals surface area contributed by atoms with Gasteiger partial charge < -0.3 is 10.4 Å². The van der Waals surface area contributed by atoms with E-state index in [9.17, 15) is 4.79 Å². The molecule has 1 atom stereocenters. The normalized spacial score (nSPS) is 11.5. The van der Waals surface area contributed by atoms with Gasteiger partial charge in [-0.25, -0.2) is 4.79 Å². The average molecular weight is 306 g/mol. The van der Waals surface area contributed by atoms with E-state index in [1.807, 2.05) is 18.2 Å². The van der Waals surface area contributed by atoms with E-state index >= 15 is 0 Å². The largest absolute Gasteiger partial charge is 0.478 e. The minimum Gasteiger partial charge on any atom is -0.478 e. The summed E-state index contributed by atoms with van der Waals surface area (Å²) in [5.74, 6) is -0.434. The third kappa shape index (κ3) is 5.21. The highest BCUT2D eigenvalue weighted by atomic mass is 35.5. The van der Waals surface area contributed by atoms with Crippen molar-refractivity contribution in [3.8, 4) is 0 Å². The van der Waals surface area contributed by atoms with Crippen LogP contribution < -0.4 is 5.32 Å². The maximum Gasteiger partial charge on any atom is 0.335 e. The number of hydrogen-bond acceptors (Lipinski definition) is 2. The topological polar surface area (TPSA) is 49.3 Å². The molecule has 0 saturated carbocycles. The number of carboxylic acid groups (broad SMARTS) is 1. The highest BCUT2D eigenvalue weighted by Crippen LogP contribution is 2.13. The zero-order valence-corrected chi connectivity index (χ0v) is 12.8. The molecule has 3 nitrogen and oxygen atoms in total. The molecule has 112 valence electrons. The second kappa shape index (κ2) is 8.45. The van der Waals surface area contributed by atoms with E-state index in [-0.39, 0.29) is 12.4 Å². The molecule has 0 heterocycles. The lowest BCUT2D eigenvalue weighted by Gasteiger charge is -2.13. The summed E-state index contributed by atoms with van der Waals surface area (Å²) in [6.45, 7) is 3.83. The summed E-state index contributed by atoms with van der Waals surface area (Å²) in [6, 6.07) is 17.4. The minimum absolute atomic E-state index is 0. The van der Waals surface area contributed by atoms with Crippen molar-refractivity contribution in [2.24, 2.45) is 0 Å². The fraction of sp³-hybridized carbons (Fsp3) is 0.235. The Bertz CT molecular complexity index is 555. The van der Waals surface area contributed by atoms with E-state index < -0.39 is 5.97 Å². The molecule has 2 N–H and O–H groups in total. The molecule has 2 aromatic carbocycles. The molecule has 0 bridgehead atoms. The summed E-state index contributed by atoms with van der Waals surface area (Å²) in [6.07, 6.45) is 0. The van der Waals surface area contributed by atoms with E-state index in [0.717, 1.165) is 18.7 Å². The highest BCUT2D eigenvalue weighted by Gasteiger charge is 2.05. The first-order valence-electron chi connectivity index (χ1n) is 6.74. The molecule has 1 unspecified atom stereocenters. The van der Waals surface area contributed by atoms with Crippen LogP contribution in [-0.2, 0) is 6.54 Å². The van der Waals surface area contributed by atoms with Crippen molar-refractivity contribution in [1.82, 2.24) is 5.32 Å². The first-order valence-corrected chi connectivity index (χ1v) is 6.74. The summed E-state index contributed by atoms with van der Waals surface area (Å²) < 4.78 is 0. The third-order valence-corrected chi connectivity index (χ3v) is 3.35. The Kier molecular flexibility index (Phi) is 6.92. The minimum atomic E-state index is -0.887. The van der Waals surface area contributed by atoms with Gasteiger partial charge in [0.2, 0.25) is 0 Å². The average Bonchev–Trinajstić information content (AvgIpc) is 2.48. The molecule has 0 aromatic heterocycles. The smallest absolute Gasteiger partial charge is 0.335 e. The van der Waals surface area contributed by atoms with Crippen LogP contribution in [-0.4, -0.2) is 17.6 Å². The first kappa shape index (κ1) is 17.2. The van der Waals surface area contributed by atoms with E-state index in [0.29, 0.717) is 11.5 Å². The van der Waals surface area contributed by atoms with Crippen LogP contribution in [0.5, 0.6) is 0 Å². The van der Waals surface area contributed by atoms with E-state index in [4.69, 9.17) is 5.11 Å². The van der Waals surface area contributed by atoms with Crippen molar-refractivity contribution >= 4 is 18.4 Å². The molecule has 2 aromatic rings. The number of carbonyl (C=O) groups is 1. The predicted octanol–water partition coefficient (Wildman–Crippen LogP) is 3.70. The number of rotatable bonds is 6. The van der Waals surface area contributed by atoms with Gasteiger partial charge in [-0.3, -0.25) is 0 Å². The first-order chi connectivity index (χ1) is 9.66. The van der Waals surface area contributed by atoms with Crippen LogP contribution in [0, 0.1) is 0 Å². The van der Waals surface area contributed by atoms with Crippen molar-refractivity contribution in [1.29, 1.82) is 0 Å². The molecule has 2 rings (SSSR count). The highest BCUT2D eigenvalue weighted by molar-refractivity contribution is 5.87. The van der Waals surface area contributed by atoms with Crippen molar-refractivity contribution in [2.75, 3.05) is 6.54 Å². The maximum absolute atomic E-state index is 10.8. The predicted molar refractivity (Wildman–Crippen MR) is 87.2 cm³/mol. The number of hydrogen-bond donors (Lipinski definition) is 2. The molecule has 4 heteroatoms. The number of halogens is 1. The molecule has 0 spiro atoms. The van der Waals surface area contributed by atoms with Crippen molar-refractivity contribution in [2.45, 2.75) is 19.4 Å². The molecular formula is C17H20ClNO2. The van der Waals surface area contributed by atoms with Gasteiger partial charge in [-0.15, -0.1) is 12.4 Å². The van der Waals surface area contributed by atoms with Gasteiger partial charge in [-0.2, -0.15) is 0 Å². The molecule has 0 aliphatic heterocycles. The van der Waals surface area contributed by atoms with Gasteiger partial charge in [-0.1, -0.05) is 49.4 Å². The number of nitrogens with one attached hydrogen (secondary N) is 1. The molecular weight excluding hydrogens is 286 g/mol. The quantitative estimate of drug-likeness (QED) is 0.855. The molecule has 0 aliphatic rings. The molecule has 0 amide bonds. The van der Waals surface area contributed by atoms with Gasteiger partial charge in [0.15, 0.2) is 0 Å². The Morgan fingerprint density at radius 3 is 2.29 bits per heavy atom. The number of carboxylic acids is 1. The summed E-state index contributed by atoms with van der Waals surface area (Å²) in [7, 11) is 0. The van der Waals surface area contributed by atoms with Gasteiger partial charge in [-0.05, 0) is 29.2 Å². The Labute approximate surface area is 131 Å². The third-order valence-electron chi connectivity index (χ3n) is 3.35. The van der Waals surface area contributed by atoms with Crippen LogP contribution in [0.2, 0.25) is 0 Å². The Balaban J connectivity index is 0.00000220. The summed E-state index contributed by atoms with van der Waals surface area (Å²) >= 11 is 0. The fourth-order valence-electron chi connectivity index (χ4n) is 2.10. The Morgan fingerprint density at radius 2 is 1.71 bits per heavy atom. The van der Waals surface area contributed by atoms with Crippen molar-refractivity contribution < 1.29 is 9.90 Å². The summed E-state index contributed by atoms with van der Waals surface area (Å²) in [4.78, 5) is 10.8.